The highest BCUT2D eigenvalue weighted by Gasteiger charge is 2.37. The lowest BCUT2D eigenvalue weighted by Crippen LogP contribution is -2.53. The Morgan fingerprint density at radius 3 is 2.64 bits per heavy atom. The molecule has 0 spiro atoms. The van der Waals surface area contributed by atoms with Crippen LogP contribution in [0.4, 0.5) is 0 Å². The van der Waals surface area contributed by atoms with Crippen molar-refractivity contribution >= 4 is 19.0 Å². The third-order valence-corrected chi connectivity index (χ3v) is 4.44. The molecule has 2 aromatic rings. The molecule has 0 unspecified atom stereocenters. The molecule has 1 aliphatic rings. The number of nitrogens with one attached hydrogen (secondary N) is 1. The Morgan fingerprint density at radius 2 is 1.96 bits per heavy atom. The number of benzene rings is 2. The van der Waals surface area contributed by atoms with Crippen LogP contribution in [-0.2, 0) is 6.42 Å². The first-order valence-corrected chi connectivity index (χ1v) is 7.95. The minimum absolute atomic E-state index is 0.00418. The number of rotatable bonds is 3. The molecule has 25 heavy (non-hydrogen) atoms. The third-order valence-electron chi connectivity index (χ3n) is 4.44. The van der Waals surface area contributed by atoms with E-state index < -0.39 is 19.0 Å². The predicted molar refractivity (Wildman–Crippen MR) is 92.9 cm³/mol. The number of aromatic carboxylic acids is 1. The fraction of sp³-hybridized carbons (Fsp3) is 0.222. The number of carboxylic acids is 1. The lowest BCUT2D eigenvalue weighted by molar-refractivity contribution is 0.0693. The first kappa shape index (κ1) is 17.0. The SMILES string of the molecule is Cc1ccc(C(=O)N[C@H]2Cc3cccc(C(=O)O)c3OB2O)cc1C. The molecule has 6 nitrogen and oxygen atoms in total. The standard InChI is InChI=1S/C18H18BNO5/c1-10-6-7-13(8-11(10)2)17(21)20-15-9-12-4-3-5-14(18(22)23)16(12)25-19(15)24/h3-8,15,24H,9H2,1-2H3,(H,20,21)(H,22,23)/t15-/m0/s1. The van der Waals surface area contributed by atoms with Crippen molar-refractivity contribution in [2.45, 2.75) is 26.2 Å². The fourth-order valence-corrected chi connectivity index (χ4v) is 2.85. The Balaban J connectivity index is 1.80. The van der Waals surface area contributed by atoms with Gasteiger partial charge in [-0.25, -0.2) is 4.79 Å². The van der Waals surface area contributed by atoms with Crippen molar-refractivity contribution in [1.29, 1.82) is 0 Å². The van der Waals surface area contributed by atoms with Gasteiger partial charge in [0.15, 0.2) is 0 Å². The normalized spacial score (nSPS) is 16.0. The summed E-state index contributed by atoms with van der Waals surface area (Å²) in [5.41, 5.74) is 3.23. The van der Waals surface area contributed by atoms with Crippen molar-refractivity contribution in [2.24, 2.45) is 0 Å². The summed E-state index contributed by atoms with van der Waals surface area (Å²) in [5, 5.41) is 22.2. The van der Waals surface area contributed by atoms with Crippen LogP contribution in [0.2, 0.25) is 0 Å². The molecule has 1 amide bonds. The lowest BCUT2D eigenvalue weighted by atomic mass is 9.72. The topological polar surface area (TPSA) is 95.9 Å². The molecular weight excluding hydrogens is 321 g/mol. The predicted octanol–water partition coefficient (Wildman–Crippen LogP) is 1.75. The first-order valence-electron chi connectivity index (χ1n) is 7.95. The van der Waals surface area contributed by atoms with Crippen LogP contribution in [0.1, 0.15) is 37.4 Å². The van der Waals surface area contributed by atoms with Crippen molar-refractivity contribution < 1.29 is 24.4 Å². The number of carbonyl (C=O) groups is 2. The van der Waals surface area contributed by atoms with E-state index in [0.717, 1.165) is 11.1 Å². The van der Waals surface area contributed by atoms with E-state index in [1.807, 2.05) is 19.9 Å². The summed E-state index contributed by atoms with van der Waals surface area (Å²) in [4.78, 5) is 23.7. The molecule has 0 saturated heterocycles. The number of hydrogen-bond acceptors (Lipinski definition) is 4. The third kappa shape index (κ3) is 3.37. The minimum atomic E-state index is -1.32. The second-order valence-electron chi connectivity index (χ2n) is 6.19. The monoisotopic (exact) mass is 339 g/mol. The van der Waals surface area contributed by atoms with E-state index in [1.165, 1.54) is 6.07 Å². The van der Waals surface area contributed by atoms with Gasteiger partial charge in [0.05, 0.1) is 11.5 Å². The molecule has 1 heterocycles. The maximum absolute atomic E-state index is 12.4. The number of carbonyl (C=O) groups excluding carboxylic acids is 1. The molecular formula is C18H18BNO5. The highest BCUT2D eigenvalue weighted by atomic mass is 16.5. The Bertz CT molecular complexity index is 851. The van der Waals surface area contributed by atoms with Gasteiger partial charge in [0, 0.05) is 5.56 Å². The molecule has 128 valence electrons. The molecule has 0 saturated carbocycles. The Kier molecular flexibility index (Phi) is 4.50. The molecule has 0 aliphatic carbocycles. The molecule has 3 rings (SSSR count). The highest BCUT2D eigenvalue weighted by Crippen LogP contribution is 2.30. The van der Waals surface area contributed by atoms with Crippen molar-refractivity contribution in [3.05, 3.63) is 64.2 Å². The molecule has 2 aromatic carbocycles. The van der Waals surface area contributed by atoms with Crippen LogP contribution in [0.3, 0.4) is 0 Å². The van der Waals surface area contributed by atoms with E-state index in [1.54, 1.807) is 24.3 Å². The molecule has 0 aromatic heterocycles. The summed E-state index contributed by atoms with van der Waals surface area (Å²) >= 11 is 0. The molecule has 3 N–H and O–H groups in total. The van der Waals surface area contributed by atoms with Gasteiger partial charge < -0.3 is 20.1 Å². The van der Waals surface area contributed by atoms with Crippen LogP contribution in [0.5, 0.6) is 5.75 Å². The first-order chi connectivity index (χ1) is 11.9. The van der Waals surface area contributed by atoms with Crippen molar-refractivity contribution in [3.63, 3.8) is 0 Å². The van der Waals surface area contributed by atoms with Gasteiger partial charge in [0.2, 0.25) is 0 Å². The number of amides is 1. The summed E-state index contributed by atoms with van der Waals surface area (Å²) in [6.45, 7) is 3.89. The van der Waals surface area contributed by atoms with E-state index in [9.17, 15) is 19.7 Å². The van der Waals surface area contributed by atoms with E-state index in [0.29, 0.717) is 11.1 Å². The summed E-state index contributed by atoms with van der Waals surface area (Å²) < 4.78 is 5.38. The maximum atomic E-state index is 12.4. The lowest BCUT2D eigenvalue weighted by Gasteiger charge is -2.29. The number of para-hydroxylation sites is 1. The van der Waals surface area contributed by atoms with Crippen LogP contribution in [0.15, 0.2) is 36.4 Å². The average molecular weight is 339 g/mol. The van der Waals surface area contributed by atoms with E-state index in [-0.39, 0.29) is 23.6 Å². The number of carboxylic acid groups (broad SMARTS) is 1. The number of fused-ring (bicyclic) bond motifs is 1. The summed E-state index contributed by atoms with van der Waals surface area (Å²) in [7, 11) is -1.32. The number of aryl methyl sites for hydroxylation is 2. The van der Waals surface area contributed by atoms with Gasteiger partial charge >= 0.3 is 13.1 Å². The quantitative estimate of drug-likeness (QED) is 0.741. The van der Waals surface area contributed by atoms with Gasteiger partial charge in [-0.1, -0.05) is 18.2 Å². The van der Waals surface area contributed by atoms with Gasteiger partial charge in [-0.3, -0.25) is 4.79 Å². The second kappa shape index (κ2) is 6.60. The van der Waals surface area contributed by atoms with Crippen LogP contribution in [-0.4, -0.2) is 35.1 Å². The smallest absolute Gasteiger partial charge is 0.534 e. The fourth-order valence-electron chi connectivity index (χ4n) is 2.85. The van der Waals surface area contributed by atoms with E-state index in [2.05, 4.69) is 5.32 Å². The zero-order valence-electron chi connectivity index (χ0n) is 13.9. The minimum Gasteiger partial charge on any atom is -0.534 e. The van der Waals surface area contributed by atoms with Crippen LogP contribution in [0.25, 0.3) is 0 Å². The van der Waals surface area contributed by atoms with Crippen LogP contribution in [0, 0.1) is 13.8 Å². The van der Waals surface area contributed by atoms with Crippen LogP contribution >= 0.6 is 0 Å². The average Bonchev–Trinajstić information content (AvgIpc) is 2.57. The molecule has 0 fully saturated rings. The van der Waals surface area contributed by atoms with Gasteiger partial charge in [-0.2, -0.15) is 0 Å². The summed E-state index contributed by atoms with van der Waals surface area (Å²) in [6, 6.07) is 10.1. The van der Waals surface area contributed by atoms with Crippen molar-refractivity contribution in [2.75, 3.05) is 0 Å². The maximum Gasteiger partial charge on any atom is 0.547 e. The van der Waals surface area contributed by atoms with Crippen molar-refractivity contribution in [1.82, 2.24) is 5.32 Å². The van der Waals surface area contributed by atoms with Gasteiger partial charge in [0.25, 0.3) is 5.91 Å². The van der Waals surface area contributed by atoms with Gasteiger partial charge in [-0.05, 0) is 55.2 Å². The molecule has 0 radical (unpaired) electrons. The molecule has 7 heteroatoms. The van der Waals surface area contributed by atoms with Gasteiger partial charge in [-0.15, -0.1) is 0 Å². The summed E-state index contributed by atoms with van der Waals surface area (Å²) in [6.07, 6.45) is 0.286. The van der Waals surface area contributed by atoms with E-state index >= 15 is 0 Å². The zero-order chi connectivity index (χ0) is 18.1. The largest absolute Gasteiger partial charge is 0.547 e. The second-order valence-corrected chi connectivity index (χ2v) is 6.19. The molecule has 1 aliphatic heterocycles. The van der Waals surface area contributed by atoms with Gasteiger partial charge in [0.1, 0.15) is 5.75 Å². The van der Waals surface area contributed by atoms with E-state index in [4.69, 9.17) is 4.65 Å². The summed E-state index contributed by atoms with van der Waals surface area (Å²) in [5.74, 6) is -1.94. The van der Waals surface area contributed by atoms with Crippen molar-refractivity contribution in [3.8, 4) is 5.75 Å². The number of hydrogen-bond donors (Lipinski definition) is 3. The molecule has 0 bridgehead atoms. The Labute approximate surface area is 145 Å². The highest BCUT2D eigenvalue weighted by molar-refractivity contribution is 6.47. The van der Waals surface area contributed by atoms with Crippen LogP contribution < -0.4 is 9.97 Å². The Morgan fingerprint density at radius 1 is 1.20 bits per heavy atom. The Hall–Kier alpha value is -2.80. The molecule has 1 atom stereocenters. The zero-order valence-corrected chi connectivity index (χ0v) is 13.9.